The molecule has 6 heteroatoms. The van der Waals surface area contributed by atoms with Gasteiger partial charge in [0.05, 0.1) is 0 Å². The molecule has 82 heavy (non-hydrogen) atoms. The summed E-state index contributed by atoms with van der Waals surface area (Å²) in [6.07, 6.45) is 95.4. The summed E-state index contributed by atoms with van der Waals surface area (Å²) in [4.78, 5) is 38.4. The van der Waals surface area contributed by atoms with E-state index in [4.69, 9.17) is 14.2 Å². The number of esters is 3. The molecule has 0 aromatic rings. The van der Waals surface area contributed by atoms with Gasteiger partial charge in [0.15, 0.2) is 6.10 Å². The Hall–Kier alpha value is -3.93. The fourth-order valence-electron chi connectivity index (χ4n) is 9.77. The first kappa shape index (κ1) is 78.1. The van der Waals surface area contributed by atoms with Gasteiger partial charge in [-0.15, -0.1) is 0 Å². The molecular formula is C76H130O6. The number of allylic oxidation sites excluding steroid dienone is 18. The first-order valence-electron chi connectivity index (χ1n) is 34.9. The van der Waals surface area contributed by atoms with E-state index in [2.05, 4.69) is 130 Å². The fraction of sp³-hybridized carbons (Fsp3) is 0.724. The van der Waals surface area contributed by atoms with Crippen molar-refractivity contribution in [1.29, 1.82) is 0 Å². The Morgan fingerprint density at radius 3 is 0.780 bits per heavy atom. The molecule has 0 N–H and O–H groups in total. The van der Waals surface area contributed by atoms with Crippen molar-refractivity contribution in [3.05, 3.63) is 109 Å². The molecule has 0 rings (SSSR count). The predicted molar refractivity (Wildman–Crippen MR) is 357 cm³/mol. The van der Waals surface area contributed by atoms with E-state index in [1.165, 1.54) is 186 Å². The summed E-state index contributed by atoms with van der Waals surface area (Å²) < 4.78 is 17.0. The molecule has 1 atom stereocenters. The van der Waals surface area contributed by atoms with Crippen LogP contribution in [0.5, 0.6) is 0 Å². The van der Waals surface area contributed by atoms with Crippen LogP contribution in [0.4, 0.5) is 0 Å². The lowest BCUT2D eigenvalue weighted by molar-refractivity contribution is -0.167. The van der Waals surface area contributed by atoms with Gasteiger partial charge in [-0.25, -0.2) is 0 Å². The van der Waals surface area contributed by atoms with Crippen LogP contribution in [0.3, 0.4) is 0 Å². The van der Waals surface area contributed by atoms with E-state index in [1.54, 1.807) is 0 Å². The number of carbonyl (C=O) groups is 3. The maximum atomic E-state index is 12.9. The quantitative estimate of drug-likeness (QED) is 0.0261. The number of hydrogen-bond acceptors (Lipinski definition) is 6. The van der Waals surface area contributed by atoms with Crippen LogP contribution in [0.2, 0.25) is 0 Å². The van der Waals surface area contributed by atoms with E-state index in [9.17, 15) is 14.4 Å². The lowest BCUT2D eigenvalue weighted by Gasteiger charge is -2.18. The highest BCUT2D eigenvalue weighted by molar-refractivity contribution is 5.71. The zero-order valence-electron chi connectivity index (χ0n) is 54.0. The molecular weight excluding hydrogens is 1010 g/mol. The minimum Gasteiger partial charge on any atom is -0.462 e. The smallest absolute Gasteiger partial charge is 0.306 e. The summed E-state index contributed by atoms with van der Waals surface area (Å²) in [5.41, 5.74) is 0. The highest BCUT2D eigenvalue weighted by Crippen LogP contribution is 2.17. The second-order valence-corrected chi connectivity index (χ2v) is 23.1. The molecule has 0 aliphatic heterocycles. The third-order valence-electron chi connectivity index (χ3n) is 15.0. The van der Waals surface area contributed by atoms with E-state index in [0.717, 1.165) is 109 Å². The number of hydrogen-bond donors (Lipinski definition) is 0. The largest absolute Gasteiger partial charge is 0.462 e. The van der Waals surface area contributed by atoms with E-state index < -0.39 is 6.10 Å². The van der Waals surface area contributed by atoms with Crippen molar-refractivity contribution >= 4 is 17.9 Å². The molecule has 1 unspecified atom stereocenters. The minimum absolute atomic E-state index is 0.0820. The van der Waals surface area contributed by atoms with Crippen molar-refractivity contribution in [3.8, 4) is 0 Å². The summed E-state index contributed by atoms with van der Waals surface area (Å²) in [5, 5.41) is 0. The molecule has 0 radical (unpaired) electrons. The van der Waals surface area contributed by atoms with Gasteiger partial charge in [0, 0.05) is 19.3 Å². The van der Waals surface area contributed by atoms with Crippen molar-refractivity contribution in [2.45, 2.75) is 341 Å². The molecule has 0 heterocycles. The molecule has 0 bridgehead atoms. The maximum Gasteiger partial charge on any atom is 0.306 e. The van der Waals surface area contributed by atoms with Gasteiger partial charge in [-0.1, -0.05) is 297 Å². The predicted octanol–water partition coefficient (Wildman–Crippen LogP) is 24.2. The number of carbonyl (C=O) groups excluding carboxylic acids is 3. The van der Waals surface area contributed by atoms with Gasteiger partial charge >= 0.3 is 17.9 Å². The van der Waals surface area contributed by atoms with Gasteiger partial charge in [0.25, 0.3) is 0 Å². The molecule has 0 spiro atoms. The van der Waals surface area contributed by atoms with Gasteiger partial charge in [-0.2, -0.15) is 0 Å². The highest BCUT2D eigenvalue weighted by Gasteiger charge is 2.19. The van der Waals surface area contributed by atoms with Crippen molar-refractivity contribution in [2.24, 2.45) is 0 Å². The Balaban J connectivity index is 4.25. The Kier molecular flexibility index (Phi) is 66.2. The molecule has 470 valence electrons. The average molecular weight is 1140 g/mol. The van der Waals surface area contributed by atoms with E-state index in [1.807, 2.05) is 0 Å². The lowest BCUT2D eigenvalue weighted by Crippen LogP contribution is -2.30. The third kappa shape index (κ3) is 66.9. The number of unbranched alkanes of at least 4 members (excludes halogenated alkanes) is 34. The van der Waals surface area contributed by atoms with Crippen molar-refractivity contribution in [2.75, 3.05) is 13.2 Å². The monoisotopic (exact) mass is 1140 g/mol. The van der Waals surface area contributed by atoms with Gasteiger partial charge < -0.3 is 14.2 Å². The second kappa shape index (κ2) is 69.6. The summed E-state index contributed by atoms with van der Waals surface area (Å²) in [5.74, 6) is -0.886. The molecule has 0 fully saturated rings. The minimum atomic E-state index is -0.786. The Morgan fingerprint density at radius 1 is 0.256 bits per heavy atom. The standard InChI is InChI=1S/C76H130O6/c1-4-7-10-13-16-19-22-25-27-29-31-33-34-35-36-37-38-39-40-41-42-44-45-47-49-51-54-57-60-63-66-69-75(78)81-72-73(71-80-74(77)68-65-62-59-56-53-24-21-18-15-12-9-6-3)82-76(79)70-67-64-61-58-55-52-50-48-46-43-32-30-28-26-23-20-17-14-11-8-5-2/h7,10,16,18-19,21,23,25-27,30-33,35-36,38-39,73H,4-6,8-9,11-15,17,20,22,24,28-29,34,37,40-72H2,1-3H3/b10-7-,19-16-,21-18-,26-23-,27-25-,32-30-,33-31-,36-35-,39-38-. The normalized spacial score (nSPS) is 12.8. The molecule has 6 nitrogen and oxygen atoms in total. The lowest BCUT2D eigenvalue weighted by atomic mass is 10.0. The van der Waals surface area contributed by atoms with Crippen LogP contribution in [0.1, 0.15) is 335 Å². The first-order valence-corrected chi connectivity index (χ1v) is 34.9. The van der Waals surface area contributed by atoms with Crippen molar-refractivity contribution in [1.82, 2.24) is 0 Å². The van der Waals surface area contributed by atoms with Gasteiger partial charge in [-0.3, -0.25) is 14.4 Å². The Morgan fingerprint density at radius 2 is 0.476 bits per heavy atom. The highest BCUT2D eigenvalue weighted by atomic mass is 16.6. The number of ether oxygens (including phenoxy) is 3. The van der Waals surface area contributed by atoms with Crippen LogP contribution in [-0.2, 0) is 28.6 Å². The summed E-state index contributed by atoms with van der Waals surface area (Å²) in [6.45, 7) is 6.51. The zero-order valence-corrected chi connectivity index (χ0v) is 54.0. The molecule has 0 saturated heterocycles. The van der Waals surface area contributed by atoms with Crippen molar-refractivity contribution in [3.63, 3.8) is 0 Å². The topological polar surface area (TPSA) is 78.9 Å². The van der Waals surface area contributed by atoms with Crippen molar-refractivity contribution < 1.29 is 28.6 Å². The SMILES string of the molecule is CC/C=C\C/C=C\C/C=C\C/C=C\C/C=C\C/C=C\CCCCCCCCCCCCCCC(=O)OCC(COC(=O)CCCCCCC/C=C\CCCCC)OC(=O)CCCCCCCCCCC/C=C\C/C=C\CCCCCCC. The van der Waals surface area contributed by atoms with Crippen LogP contribution in [0.25, 0.3) is 0 Å². The molecule has 0 aromatic heterocycles. The van der Waals surface area contributed by atoms with Crippen LogP contribution in [0, 0.1) is 0 Å². The van der Waals surface area contributed by atoms with Gasteiger partial charge in [0.1, 0.15) is 13.2 Å². The molecule has 0 aromatic carbocycles. The first-order chi connectivity index (χ1) is 40.5. The van der Waals surface area contributed by atoms with Gasteiger partial charge in [-0.05, 0) is 128 Å². The van der Waals surface area contributed by atoms with E-state index in [0.29, 0.717) is 19.3 Å². The second-order valence-electron chi connectivity index (χ2n) is 23.1. The summed E-state index contributed by atoms with van der Waals surface area (Å²) >= 11 is 0. The molecule has 0 amide bonds. The molecule has 0 aliphatic carbocycles. The average Bonchev–Trinajstić information content (AvgIpc) is 3.47. The zero-order chi connectivity index (χ0) is 59.2. The van der Waals surface area contributed by atoms with E-state index in [-0.39, 0.29) is 31.1 Å². The van der Waals surface area contributed by atoms with Crippen LogP contribution in [0.15, 0.2) is 109 Å². The summed E-state index contributed by atoms with van der Waals surface area (Å²) in [6, 6.07) is 0. The van der Waals surface area contributed by atoms with Gasteiger partial charge in [0.2, 0.25) is 0 Å². The third-order valence-corrected chi connectivity index (χ3v) is 15.0. The van der Waals surface area contributed by atoms with Crippen LogP contribution in [-0.4, -0.2) is 37.2 Å². The summed E-state index contributed by atoms with van der Waals surface area (Å²) in [7, 11) is 0. The van der Waals surface area contributed by atoms with Crippen LogP contribution >= 0.6 is 0 Å². The Bertz CT molecular complexity index is 1640. The van der Waals surface area contributed by atoms with Crippen LogP contribution < -0.4 is 0 Å². The number of rotatable bonds is 63. The molecule has 0 aliphatic rings. The Labute approximate surface area is 508 Å². The van der Waals surface area contributed by atoms with E-state index >= 15 is 0 Å². The maximum absolute atomic E-state index is 12.9. The molecule has 0 saturated carbocycles. The fourth-order valence-corrected chi connectivity index (χ4v) is 9.77.